The molecule has 0 radical (unpaired) electrons. The third kappa shape index (κ3) is 3.63. The molecule has 0 saturated carbocycles. The van der Waals surface area contributed by atoms with Crippen LogP contribution in [-0.4, -0.2) is 41.5 Å². The minimum atomic E-state index is -4.44. The lowest BCUT2D eigenvalue weighted by molar-refractivity contribution is -0.137. The van der Waals surface area contributed by atoms with Crippen molar-refractivity contribution in [2.24, 2.45) is 0 Å². The van der Waals surface area contributed by atoms with Gasteiger partial charge in [-0.3, -0.25) is 0 Å². The zero-order valence-corrected chi connectivity index (χ0v) is 14.1. The molecule has 0 aliphatic carbocycles. The molecule has 1 aromatic carbocycles. The fourth-order valence-electron chi connectivity index (χ4n) is 2.87. The van der Waals surface area contributed by atoms with E-state index in [9.17, 15) is 13.2 Å². The Balaban J connectivity index is 1.68. The number of hydrogen-bond donors (Lipinski definition) is 0. The predicted octanol–water partition coefficient (Wildman–Crippen LogP) is 3.65. The zero-order valence-electron chi connectivity index (χ0n) is 14.1. The van der Waals surface area contributed by atoms with Gasteiger partial charge in [0.05, 0.1) is 24.3 Å². The Kier molecular flexibility index (Phi) is 4.53. The number of alkyl halides is 3. The highest BCUT2D eigenvalue weighted by atomic mass is 19.4. The average molecular weight is 376 g/mol. The average Bonchev–Trinajstić information content (AvgIpc) is 3.18. The van der Waals surface area contributed by atoms with E-state index in [0.717, 1.165) is 12.1 Å². The standard InChI is InChI=1S/C18H15F3N4O2/c19-18(20,21)13-4-1-3-12(11-13)16-23-24-17(27-16)14-5-2-6-22-15(14)25-7-9-26-10-8-25/h1-6,11H,7-10H2. The van der Waals surface area contributed by atoms with Crippen molar-refractivity contribution in [2.75, 3.05) is 31.2 Å². The zero-order chi connectivity index (χ0) is 18.9. The van der Waals surface area contributed by atoms with Crippen LogP contribution in [0.2, 0.25) is 0 Å². The molecule has 3 heterocycles. The van der Waals surface area contributed by atoms with Gasteiger partial charge in [-0.2, -0.15) is 13.2 Å². The van der Waals surface area contributed by atoms with Crippen molar-refractivity contribution in [2.45, 2.75) is 6.18 Å². The van der Waals surface area contributed by atoms with Gasteiger partial charge in [0.25, 0.3) is 5.89 Å². The van der Waals surface area contributed by atoms with Crippen LogP contribution in [0.1, 0.15) is 5.56 Å². The van der Waals surface area contributed by atoms with Crippen LogP contribution >= 0.6 is 0 Å². The van der Waals surface area contributed by atoms with Gasteiger partial charge in [0, 0.05) is 24.8 Å². The largest absolute Gasteiger partial charge is 0.416 e. The third-order valence-corrected chi connectivity index (χ3v) is 4.19. The van der Waals surface area contributed by atoms with E-state index in [4.69, 9.17) is 9.15 Å². The molecule has 1 aliphatic rings. The van der Waals surface area contributed by atoms with Gasteiger partial charge < -0.3 is 14.1 Å². The van der Waals surface area contributed by atoms with Crippen molar-refractivity contribution in [1.82, 2.24) is 15.2 Å². The lowest BCUT2D eigenvalue weighted by Crippen LogP contribution is -2.37. The molecule has 0 spiro atoms. The molecule has 0 unspecified atom stereocenters. The summed E-state index contributed by atoms with van der Waals surface area (Å²) in [7, 11) is 0. The van der Waals surface area contributed by atoms with Crippen LogP contribution in [0.25, 0.3) is 22.9 Å². The lowest BCUT2D eigenvalue weighted by Gasteiger charge is -2.28. The fourth-order valence-corrected chi connectivity index (χ4v) is 2.87. The Morgan fingerprint density at radius 2 is 1.74 bits per heavy atom. The van der Waals surface area contributed by atoms with E-state index in [1.165, 1.54) is 12.1 Å². The van der Waals surface area contributed by atoms with Crippen molar-refractivity contribution in [3.8, 4) is 22.9 Å². The molecule has 1 fully saturated rings. The second-order valence-electron chi connectivity index (χ2n) is 5.96. The van der Waals surface area contributed by atoms with Gasteiger partial charge in [-0.25, -0.2) is 4.98 Å². The quantitative estimate of drug-likeness (QED) is 0.695. The van der Waals surface area contributed by atoms with E-state index in [1.54, 1.807) is 18.3 Å². The summed E-state index contributed by atoms with van der Waals surface area (Å²) >= 11 is 0. The number of pyridine rings is 1. The van der Waals surface area contributed by atoms with Gasteiger partial charge >= 0.3 is 6.18 Å². The van der Waals surface area contributed by atoms with E-state index >= 15 is 0 Å². The number of rotatable bonds is 3. The summed E-state index contributed by atoms with van der Waals surface area (Å²) < 4.78 is 49.8. The normalized spacial score (nSPS) is 15.1. The molecule has 27 heavy (non-hydrogen) atoms. The molecule has 2 aromatic heterocycles. The van der Waals surface area contributed by atoms with E-state index in [2.05, 4.69) is 15.2 Å². The highest BCUT2D eigenvalue weighted by Gasteiger charge is 2.31. The number of halogens is 3. The monoisotopic (exact) mass is 376 g/mol. The molecule has 1 saturated heterocycles. The molecule has 6 nitrogen and oxygen atoms in total. The Labute approximate surface area is 152 Å². The van der Waals surface area contributed by atoms with Crippen molar-refractivity contribution in [3.63, 3.8) is 0 Å². The van der Waals surface area contributed by atoms with E-state index < -0.39 is 11.7 Å². The number of anilines is 1. The van der Waals surface area contributed by atoms with E-state index in [-0.39, 0.29) is 17.3 Å². The molecule has 140 valence electrons. The summed E-state index contributed by atoms with van der Waals surface area (Å²) in [6.07, 6.45) is -2.77. The SMILES string of the molecule is FC(F)(F)c1cccc(-c2nnc(-c3cccnc3N3CCOCC3)o2)c1. The molecule has 9 heteroatoms. The maximum atomic E-state index is 12.9. The minimum Gasteiger partial charge on any atom is -0.416 e. The van der Waals surface area contributed by atoms with Gasteiger partial charge in [0.1, 0.15) is 5.82 Å². The number of nitrogens with zero attached hydrogens (tertiary/aromatic N) is 4. The van der Waals surface area contributed by atoms with Crippen LogP contribution in [0.5, 0.6) is 0 Å². The fraction of sp³-hybridized carbons (Fsp3) is 0.278. The van der Waals surface area contributed by atoms with Crippen LogP contribution in [0.15, 0.2) is 47.0 Å². The molecule has 1 aliphatic heterocycles. The topological polar surface area (TPSA) is 64.3 Å². The smallest absolute Gasteiger partial charge is 0.416 e. The highest BCUT2D eigenvalue weighted by molar-refractivity contribution is 5.70. The minimum absolute atomic E-state index is 0.0212. The Morgan fingerprint density at radius 3 is 2.52 bits per heavy atom. The maximum Gasteiger partial charge on any atom is 0.416 e. The van der Waals surface area contributed by atoms with Crippen LogP contribution in [-0.2, 0) is 10.9 Å². The first-order valence-corrected chi connectivity index (χ1v) is 8.31. The first-order valence-electron chi connectivity index (χ1n) is 8.31. The summed E-state index contributed by atoms with van der Waals surface area (Å²) in [5.41, 5.74) is 0.0700. The van der Waals surface area contributed by atoms with Crippen LogP contribution < -0.4 is 4.90 Å². The number of morpholine rings is 1. The number of aromatic nitrogens is 3. The number of benzene rings is 1. The summed E-state index contributed by atoms with van der Waals surface area (Å²) in [6, 6.07) is 8.33. The van der Waals surface area contributed by atoms with E-state index in [1.807, 2.05) is 4.90 Å². The van der Waals surface area contributed by atoms with Crippen molar-refractivity contribution >= 4 is 5.82 Å². The Morgan fingerprint density at radius 1 is 0.963 bits per heavy atom. The van der Waals surface area contributed by atoms with Crippen molar-refractivity contribution < 1.29 is 22.3 Å². The molecule has 0 bridgehead atoms. The molecule has 3 aromatic rings. The van der Waals surface area contributed by atoms with E-state index in [0.29, 0.717) is 37.7 Å². The summed E-state index contributed by atoms with van der Waals surface area (Å²) in [5.74, 6) is 0.907. The Hall–Kier alpha value is -2.94. The van der Waals surface area contributed by atoms with Crippen LogP contribution in [0, 0.1) is 0 Å². The number of hydrogen-bond acceptors (Lipinski definition) is 6. The van der Waals surface area contributed by atoms with Crippen molar-refractivity contribution in [1.29, 1.82) is 0 Å². The summed E-state index contributed by atoms with van der Waals surface area (Å²) in [4.78, 5) is 6.45. The lowest BCUT2D eigenvalue weighted by atomic mass is 10.1. The number of ether oxygens (including phenoxy) is 1. The molecule has 4 rings (SSSR count). The van der Waals surface area contributed by atoms with Gasteiger partial charge in [0.15, 0.2) is 0 Å². The third-order valence-electron chi connectivity index (χ3n) is 4.19. The van der Waals surface area contributed by atoms with Gasteiger partial charge in [-0.05, 0) is 30.3 Å². The van der Waals surface area contributed by atoms with Gasteiger partial charge in [-0.1, -0.05) is 6.07 Å². The molecule has 0 atom stereocenters. The second kappa shape index (κ2) is 6.99. The summed E-state index contributed by atoms with van der Waals surface area (Å²) in [5, 5.41) is 7.93. The first-order chi connectivity index (χ1) is 13.0. The maximum absolute atomic E-state index is 12.9. The van der Waals surface area contributed by atoms with Crippen molar-refractivity contribution in [3.05, 3.63) is 48.2 Å². The van der Waals surface area contributed by atoms with Crippen LogP contribution in [0.4, 0.5) is 19.0 Å². The van der Waals surface area contributed by atoms with Gasteiger partial charge in [0.2, 0.25) is 5.89 Å². The highest BCUT2D eigenvalue weighted by Crippen LogP contribution is 2.34. The molecule has 0 N–H and O–H groups in total. The summed E-state index contributed by atoms with van der Waals surface area (Å²) in [6.45, 7) is 2.54. The van der Waals surface area contributed by atoms with Crippen LogP contribution in [0.3, 0.4) is 0 Å². The second-order valence-corrected chi connectivity index (χ2v) is 5.96. The predicted molar refractivity (Wildman–Crippen MR) is 91.0 cm³/mol. The molecular formula is C18H15F3N4O2. The van der Waals surface area contributed by atoms with Gasteiger partial charge in [-0.15, -0.1) is 10.2 Å². The Bertz CT molecular complexity index is 936. The molecular weight excluding hydrogens is 361 g/mol. The molecule has 0 amide bonds. The first kappa shape index (κ1) is 17.5.